The number of hydrogen-bond acceptors (Lipinski definition) is 4. The van der Waals surface area contributed by atoms with E-state index in [1.165, 1.54) is 12.8 Å². The summed E-state index contributed by atoms with van der Waals surface area (Å²) in [4.78, 5) is 19.1. The van der Waals surface area contributed by atoms with Crippen LogP contribution in [0.3, 0.4) is 0 Å². The predicted octanol–water partition coefficient (Wildman–Crippen LogP) is 1.72. The van der Waals surface area contributed by atoms with Crippen molar-refractivity contribution in [2.24, 2.45) is 5.73 Å². The van der Waals surface area contributed by atoms with E-state index in [1.54, 1.807) is 0 Å². The summed E-state index contributed by atoms with van der Waals surface area (Å²) in [5.74, 6) is 0.907. The summed E-state index contributed by atoms with van der Waals surface area (Å²) in [6, 6.07) is 2.32. The third-order valence-corrected chi connectivity index (χ3v) is 4.45. The Morgan fingerprint density at radius 1 is 1.60 bits per heavy atom. The highest BCUT2D eigenvalue weighted by atomic mass is 16.1. The molecular formula is C15H22N4O. The minimum Gasteiger partial charge on any atom is -0.354 e. The molecule has 0 saturated carbocycles. The van der Waals surface area contributed by atoms with E-state index in [-0.39, 0.29) is 11.9 Å². The lowest BCUT2D eigenvalue weighted by Gasteiger charge is -2.25. The van der Waals surface area contributed by atoms with E-state index in [2.05, 4.69) is 17.1 Å². The van der Waals surface area contributed by atoms with Crippen molar-refractivity contribution in [3.63, 3.8) is 0 Å². The van der Waals surface area contributed by atoms with Crippen LogP contribution in [-0.2, 0) is 6.54 Å². The first-order valence-electron chi connectivity index (χ1n) is 7.46. The summed E-state index contributed by atoms with van der Waals surface area (Å²) in [5.41, 5.74) is 8.82. The van der Waals surface area contributed by atoms with Crippen molar-refractivity contribution in [2.75, 3.05) is 11.4 Å². The number of pyridine rings is 1. The lowest BCUT2D eigenvalue weighted by Crippen LogP contribution is -2.28. The number of nitrogens with one attached hydrogen (secondary N) is 1. The van der Waals surface area contributed by atoms with Gasteiger partial charge >= 0.3 is 0 Å². The highest BCUT2D eigenvalue weighted by molar-refractivity contribution is 5.99. The summed E-state index contributed by atoms with van der Waals surface area (Å²) in [7, 11) is 0. The Morgan fingerprint density at radius 3 is 3.05 bits per heavy atom. The summed E-state index contributed by atoms with van der Waals surface area (Å²) >= 11 is 0. The highest BCUT2D eigenvalue weighted by Gasteiger charge is 2.29. The van der Waals surface area contributed by atoms with Crippen molar-refractivity contribution in [3.05, 3.63) is 22.9 Å². The molecule has 5 nitrogen and oxygen atoms in total. The van der Waals surface area contributed by atoms with Gasteiger partial charge in [0, 0.05) is 36.3 Å². The van der Waals surface area contributed by atoms with Crippen LogP contribution in [-0.4, -0.2) is 23.5 Å². The molecule has 3 N–H and O–H groups in total. The third kappa shape index (κ3) is 2.06. The molecule has 20 heavy (non-hydrogen) atoms. The zero-order valence-electron chi connectivity index (χ0n) is 12.1. The van der Waals surface area contributed by atoms with E-state index in [9.17, 15) is 4.79 Å². The Hall–Kier alpha value is -1.62. The van der Waals surface area contributed by atoms with Gasteiger partial charge < -0.3 is 16.0 Å². The fourth-order valence-electron chi connectivity index (χ4n) is 3.15. The predicted molar refractivity (Wildman–Crippen MR) is 78.7 cm³/mol. The summed E-state index contributed by atoms with van der Waals surface area (Å²) in [5, 5.41) is 2.88. The Bertz CT molecular complexity index is 543. The molecule has 1 aromatic heterocycles. The number of carbonyl (C=O) groups is 1. The quantitative estimate of drug-likeness (QED) is 0.880. The zero-order chi connectivity index (χ0) is 14.3. The number of amides is 1. The van der Waals surface area contributed by atoms with E-state index >= 15 is 0 Å². The first-order valence-corrected chi connectivity index (χ1v) is 7.46. The smallest absolute Gasteiger partial charge is 0.252 e. The van der Waals surface area contributed by atoms with Crippen molar-refractivity contribution < 1.29 is 4.79 Å². The van der Waals surface area contributed by atoms with Crippen LogP contribution >= 0.6 is 0 Å². The topological polar surface area (TPSA) is 71.2 Å². The second-order valence-electron chi connectivity index (χ2n) is 5.77. The maximum absolute atomic E-state index is 12.0. The number of rotatable bonds is 3. The summed E-state index contributed by atoms with van der Waals surface area (Å²) < 4.78 is 0. The molecule has 1 saturated heterocycles. The number of anilines is 1. The van der Waals surface area contributed by atoms with E-state index in [0.717, 1.165) is 35.6 Å². The fraction of sp³-hybridized carbons (Fsp3) is 0.600. The molecule has 2 aliphatic heterocycles. The van der Waals surface area contributed by atoms with Gasteiger partial charge in [-0.1, -0.05) is 6.92 Å². The van der Waals surface area contributed by atoms with Gasteiger partial charge in [-0.05, 0) is 32.3 Å². The van der Waals surface area contributed by atoms with Gasteiger partial charge in [0.1, 0.15) is 5.82 Å². The van der Waals surface area contributed by atoms with Crippen LogP contribution < -0.4 is 16.0 Å². The second kappa shape index (κ2) is 5.05. The minimum atomic E-state index is -0.102. The van der Waals surface area contributed by atoms with Gasteiger partial charge in [0.2, 0.25) is 0 Å². The zero-order valence-corrected chi connectivity index (χ0v) is 12.1. The molecule has 1 fully saturated rings. The van der Waals surface area contributed by atoms with E-state index in [1.807, 2.05) is 13.0 Å². The highest BCUT2D eigenvalue weighted by Crippen LogP contribution is 2.31. The Balaban J connectivity index is 2.08. The molecule has 3 rings (SSSR count). The van der Waals surface area contributed by atoms with E-state index < -0.39 is 0 Å². The first-order chi connectivity index (χ1) is 9.61. The number of carbonyl (C=O) groups excluding carboxylic acids is 1. The monoisotopic (exact) mass is 274 g/mol. The molecule has 108 valence electrons. The summed E-state index contributed by atoms with van der Waals surface area (Å²) in [6.45, 7) is 5.82. The lowest BCUT2D eigenvalue weighted by atomic mass is 10.0. The number of aromatic nitrogens is 1. The van der Waals surface area contributed by atoms with Crippen molar-refractivity contribution in [2.45, 2.75) is 51.7 Å². The minimum absolute atomic E-state index is 0.0000491. The molecule has 1 amide bonds. The average molecular weight is 274 g/mol. The first kappa shape index (κ1) is 13.4. The van der Waals surface area contributed by atoms with Gasteiger partial charge in [0.25, 0.3) is 5.91 Å². The van der Waals surface area contributed by atoms with Gasteiger partial charge in [0.05, 0.1) is 5.69 Å². The van der Waals surface area contributed by atoms with Gasteiger partial charge in [-0.2, -0.15) is 0 Å². The number of hydrogen-bond donors (Lipinski definition) is 2. The van der Waals surface area contributed by atoms with E-state index in [0.29, 0.717) is 12.6 Å². The van der Waals surface area contributed by atoms with Crippen LogP contribution in [0.15, 0.2) is 6.07 Å². The standard InChI is InChI=1S/C15H22N4O/c1-3-12(16)14-11-8-17-15(20)10(11)7-13(18-14)19-6-4-5-9(19)2/h7,9,12H,3-6,8,16H2,1-2H3,(H,17,20)/t9-,12-/m1/s1. The van der Waals surface area contributed by atoms with Crippen LogP contribution in [0.1, 0.15) is 60.8 Å². The van der Waals surface area contributed by atoms with Crippen LogP contribution in [0.25, 0.3) is 0 Å². The number of nitrogens with two attached hydrogens (primary N) is 1. The van der Waals surface area contributed by atoms with Crippen molar-refractivity contribution in [1.29, 1.82) is 0 Å². The number of nitrogens with zero attached hydrogens (tertiary/aromatic N) is 2. The maximum atomic E-state index is 12.0. The van der Waals surface area contributed by atoms with Crippen LogP contribution in [0.2, 0.25) is 0 Å². The molecule has 2 aliphatic rings. The SMILES string of the molecule is CC[C@@H](N)c1nc(N2CCC[C@H]2C)cc2c1CNC2=O. The van der Waals surface area contributed by atoms with Crippen molar-refractivity contribution in [1.82, 2.24) is 10.3 Å². The fourth-order valence-corrected chi connectivity index (χ4v) is 3.15. The largest absolute Gasteiger partial charge is 0.354 e. The second-order valence-corrected chi connectivity index (χ2v) is 5.77. The maximum Gasteiger partial charge on any atom is 0.252 e. The molecule has 0 spiro atoms. The average Bonchev–Trinajstić information content (AvgIpc) is 3.04. The molecule has 0 radical (unpaired) electrons. The molecule has 5 heteroatoms. The lowest BCUT2D eigenvalue weighted by molar-refractivity contribution is 0.0965. The molecule has 0 bridgehead atoms. The Kier molecular flexibility index (Phi) is 3.38. The van der Waals surface area contributed by atoms with E-state index in [4.69, 9.17) is 10.7 Å². The van der Waals surface area contributed by atoms with Crippen LogP contribution in [0.5, 0.6) is 0 Å². The van der Waals surface area contributed by atoms with Gasteiger partial charge in [-0.15, -0.1) is 0 Å². The Morgan fingerprint density at radius 2 is 2.40 bits per heavy atom. The molecule has 0 unspecified atom stereocenters. The molecule has 0 aromatic carbocycles. The van der Waals surface area contributed by atoms with Gasteiger partial charge in [-0.3, -0.25) is 4.79 Å². The number of fused-ring (bicyclic) bond motifs is 1. The van der Waals surface area contributed by atoms with Gasteiger partial charge in [0.15, 0.2) is 0 Å². The third-order valence-electron chi connectivity index (χ3n) is 4.45. The molecule has 2 atom stereocenters. The Labute approximate surface area is 119 Å². The normalized spacial score (nSPS) is 22.9. The van der Waals surface area contributed by atoms with Crippen LogP contribution in [0.4, 0.5) is 5.82 Å². The van der Waals surface area contributed by atoms with Crippen LogP contribution in [0, 0.1) is 0 Å². The molecule has 1 aromatic rings. The molecule has 0 aliphatic carbocycles. The van der Waals surface area contributed by atoms with Gasteiger partial charge in [-0.25, -0.2) is 4.98 Å². The molecule has 3 heterocycles. The summed E-state index contributed by atoms with van der Waals surface area (Å²) in [6.07, 6.45) is 3.19. The molecular weight excluding hydrogens is 252 g/mol. The van der Waals surface area contributed by atoms with Crippen molar-refractivity contribution in [3.8, 4) is 0 Å². The van der Waals surface area contributed by atoms with Crippen molar-refractivity contribution >= 4 is 11.7 Å².